The number of hydrogen-bond donors (Lipinski definition) is 0. The molecule has 0 saturated carbocycles. The lowest BCUT2D eigenvalue weighted by Crippen LogP contribution is -2.25. The number of Topliss-reactive ketones (excluding diaryl/α,β-unsaturated/α-hetero) is 1. The maximum absolute atomic E-state index is 14.0. The van der Waals surface area contributed by atoms with Crippen molar-refractivity contribution < 1.29 is 9.36 Å². The molecule has 0 aliphatic heterocycles. The van der Waals surface area contributed by atoms with Gasteiger partial charge in [-0.25, -0.2) is 0 Å². The molecule has 0 spiro atoms. The summed E-state index contributed by atoms with van der Waals surface area (Å²) in [5.74, 6) is 0.0938. The standard InChI is InChI=1S/C20H25O2P/c1-17(21)14-20(2,3)23(22,15-18-10-6-4-7-11-18)16-19-12-8-5-9-13-19/h4-13H,14-16H2,1-3H3. The normalized spacial score (nSPS) is 12.1. The molecule has 3 heteroatoms. The molecule has 2 aromatic carbocycles. The van der Waals surface area contributed by atoms with Crippen molar-refractivity contribution in [2.24, 2.45) is 0 Å². The maximum atomic E-state index is 14.0. The molecule has 2 aromatic rings. The van der Waals surface area contributed by atoms with Crippen LogP contribution in [0.4, 0.5) is 0 Å². The highest BCUT2D eigenvalue weighted by atomic mass is 31.2. The van der Waals surface area contributed by atoms with Crippen LogP contribution in [0.1, 0.15) is 38.3 Å². The molecule has 0 saturated heterocycles. The van der Waals surface area contributed by atoms with E-state index in [2.05, 4.69) is 0 Å². The zero-order valence-corrected chi connectivity index (χ0v) is 15.1. The predicted octanol–water partition coefficient (Wildman–Crippen LogP) is 5.51. The van der Waals surface area contributed by atoms with Crippen molar-refractivity contribution in [3.05, 3.63) is 71.8 Å². The van der Waals surface area contributed by atoms with E-state index in [9.17, 15) is 9.36 Å². The van der Waals surface area contributed by atoms with Crippen molar-refractivity contribution in [3.63, 3.8) is 0 Å². The Hall–Kier alpha value is -1.66. The average Bonchev–Trinajstić information content (AvgIpc) is 2.47. The Morgan fingerprint density at radius 3 is 1.61 bits per heavy atom. The smallest absolute Gasteiger partial charge is 0.130 e. The van der Waals surface area contributed by atoms with Gasteiger partial charge in [0.05, 0.1) is 0 Å². The Morgan fingerprint density at radius 2 is 1.26 bits per heavy atom. The van der Waals surface area contributed by atoms with Gasteiger partial charge in [-0.2, -0.15) is 0 Å². The Kier molecular flexibility index (Phi) is 5.59. The lowest BCUT2D eigenvalue weighted by atomic mass is 10.1. The third-order valence-corrected chi connectivity index (χ3v) is 8.46. The zero-order valence-electron chi connectivity index (χ0n) is 14.2. The first-order valence-electron chi connectivity index (χ1n) is 7.98. The average molecular weight is 328 g/mol. The van der Waals surface area contributed by atoms with Crippen LogP contribution in [0.5, 0.6) is 0 Å². The van der Waals surface area contributed by atoms with Crippen LogP contribution in [0.25, 0.3) is 0 Å². The number of ketones is 1. The molecule has 0 heterocycles. The third-order valence-electron chi connectivity index (χ3n) is 4.35. The highest BCUT2D eigenvalue weighted by Gasteiger charge is 2.40. The van der Waals surface area contributed by atoms with E-state index in [4.69, 9.17) is 0 Å². The molecule has 0 amide bonds. The van der Waals surface area contributed by atoms with E-state index < -0.39 is 12.3 Å². The van der Waals surface area contributed by atoms with Gasteiger partial charge in [0.1, 0.15) is 12.9 Å². The molecule has 0 atom stereocenters. The minimum absolute atomic E-state index is 0.0938. The van der Waals surface area contributed by atoms with Gasteiger partial charge in [-0.05, 0) is 18.1 Å². The fraction of sp³-hybridized carbons (Fsp3) is 0.350. The van der Waals surface area contributed by atoms with Gasteiger partial charge in [-0.15, -0.1) is 0 Å². The fourth-order valence-electron chi connectivity index (χ4n) is 2.99. The van der Waals surface area contributed by atoms with Crippen LogP contribution < -0.4 is 0 Å². The molecule has 122 valence electrons. The van der Waals surface area contributed by atoms with E-state index in [1.54, 1.807) is 6.92 Å². The molecule has 0 fully saturated rings. The van der Waals surface area contributed by atoms with E-state index in [-0.39, 0.29) is 5.78 Å². The molecule has 2 nitrogen and oxygen atoms in total. The number of carbonyl (C=O) groups excluding carboxylic acids is 1. The first-order chi connectivity index (χ1) is 10.8. The summed E-state index contributed by atoms with van der Waals surface area (Å²) in [4.78, 5) is 11.7. The van der Waals surface area contributed by atoms with E-state index >= 15 is 0 Å². The van der Waals surface area contributed by atoms with Crippen LogP contribution in [0.2, 0.25) is 0 Å². The Labute approximate surface area is 139 Å². The molecule has 0 N–H and O–H groups in total. The summed E-state index contributed by atoms with van der Waals surface area (Å²) in [5, 5.41) is -0.509. The van der Waals surface area contributed by atoms with Crippen LogP contribution in [0.3, 0.4) is 0 Å². The SMILES string of the molecule is CC(=O)CC(C)(C)P(=O)(Cc1ccccc1)Cc1ccccc1. The molecular formula is C20H25O2P. The first kappa shape index (κ1) is 17.7. The van der Waals surface area contributed by atoms with Gasteiger partial charge in [-0.3, -0.25) is 4.79 Å². The van der Waals surface area contributed by atoms with Gasteiger partial charge in [0.2, 0.25) is 0 Å². The van der Waals surface area contributed by atoms with Crippen LogP contribution in [-0.4, -0.2) is 10.9 Å². The van der Waals surface area contributed by atoms with Crippen LogP contribution in [-0.2, 0) is 21.7 Å². The number of rotatable bonds is 7. The lowest BCUT2D eigenvalue weighted by molar-refractivity contribution is -0.117. The fourth-order valence-corrected chi connectivity index (χ4v) is 6.07. The van der Waals surface area contributed by atoms with Crippen molar-refractivity contribution in [1.82, 2.24) is 0 Å². The molecule has 0 aromatic heterocycles. The zero-order chi connectivity index (χ0) is 16.9. The highest BCUT2D eigenvalue weighted by molar-refractivity contribution is 7.64. The summed E-state index contributed by atoms with van der Waals surface area (Å²) in [7, 11) is -2.64. The summed E-state index contributed by atoms with van der Waals surface area (Å²) in [6.45, 7) is 5.53. The quantitative estimate of drug-likeness (QED) is 0.628. The second-order valence-electron chi connectivity index (χ2n) is 6.87. The van der Waals surface area contributed by atoms with Crippen molar-refractivity contribution >= 4 is 12.9 Å². The topological polar surface area (TPSA) is 34.1 Å². The van der Waals surface area contributed by atoms with Crippen molar-refractivity contribution in [2.45, 2.75) is 44.7 Å². The maximum Gasteiger partial charge on any atom is 0.130 e. The summed E-state index contributed by atoms with van der Waals surface area (Å²) < 4.78 is 14.0. The third kappa shape index (κ3) is 4.65. The number of hydrogen-bond acceptors (Lipinski definition) is 2. The number of benzene rings is 2. The van der Waals surface area contributed by atoms with Crippen LogP contribution in [0.15, 0.2) is 60.7 Å². The van der Waals surface area contributed by atoms with Gasteiger partial charge >= 0.3 is 0 Å². The van der Waals surface area contributed by atoms with Gasteiger partial charge in [-0.1, -0.05) is 74.5 Å². The summed E-state index contributed by atoms with van der Waals surface area (Å²) in [6.07, 6.45) is 1.41. The molecule has 23 heavy (non-hydrogen) atoms. The monoisotopic (exact) mass is 328 g/mol. The molecule has 0 unspecified atom stereocenters. The second kappa shape index (κ2) is 7.27. The van der Waals surface area contributed by atoms with Gasteiger partial charge in [0.15, 0.2) is 0 Å². The van der Waals surface area contributed by atoms with Crippen LogP contribution >= 0.6 is 7.14 Å². The van der Waals surface area contributed by atoms with Crippen molar-refractivity contribution in [3.8, 4) is 0 Å². The summed E-state index contributed by atoms with van der Waals surface area (Å²) >= 11 is 0. The van der Waals surface area contributed by atoms with Crippen molar-refractivity contribution in [2.75, 3.05) is 0 Å². The lowest BCUT2D eigenvalue weighted by Gasteiger charge is -2.34. The number of carbonyl (C=O) groups is 1. The van der Waals surface area contributed by atoms with E-state index in [1.807, 2.05) is 74.5 Å². The largest absolute Gasteiger partial charge is 0.322 e. The highest BCUT2D eigenvalue weighted by Crippen LogP contribution is 2.63. The Bertz CT molecular complexity index is 645. The molecule has 0 aliphatic carbocycles. The van der Waals surface area contributed by atoms with Gasteiger partial charge in [0.25, 0.3) is 0 Å². The molecule has 2 rings (SSSR count). The molecule has 0 bridgehead atoms. The van der Waals surface area contributed by atoms with E-state index in [1.165, 1.54) is 0 Å². The van der Waals surface area contributed by atoms with Gasteiger partial charge in [0, 0.05) is 23.9 Å². The summed E-state index contributed by atoms with van der Waals surface area (Å²) in [6, 6.07) is 19.9. The second-order valence-corrected chi connectivity index (χ2v) is 10.5. The van der Waals surface area contributed by atoms with Gasteiger partial charge < -0.3 is 4.57 Å². The van der Waals surface area contributed by atoms with E-state index in [0.717, 1.165) is 11.1 Å². The van der Waals surface area contributed by atoms with Crippen molar-refractivity contribution in [1.29, 1.82) is 0 Å². The molecular weight excluding hydrogens is 303 g/mol. The Balaban J connectivity index is 2.37. The van der Waals surface area contributed by atoms with E-state index in [0.29, 0.717) is 18.7 Å². The molecule has 0 aliphatic rings. The summed E-state index contributed by atoms with van der Waals surface area (Å²) in [5.41, 5.74) is 2.15. The minimum atomic E-state index is -2.64. The predicted molar refractivity (Wildman–Crippen MR) is 97.3 cm³/mol. The molecule has 0 radical (unpaired) electrons. The Morgan fingerprint density at radius 1 is 0.870 bits per heavy atom. The first-order valence-corrected chi connectivity index (χ1v) is 10.1. The van der Waals surface area contributed by atoms with Crippen LogP contribution in [0, 0.1) is 0 Å². The minimum Gasteiger partial charge on any atom is -0.322 e.